The zero-order chi connectivity index (χ0) is 14.5. The molecule has 0 spiro atoms. The average Bonchev–Trinajstić information content (AvgIpc) is 2.45. The first kappa shape index (κ1) is 13.9. The first-order valence-electron chi connectivity index (χ1n) is 6.35. The number of hydrogen-bond donors (Lipinski definition) is 2. The highest BCUT2D eigenvalue weighted by atomic mass is 16.5. The van der Waals surface area contributed by atoms with Crippen molar-refractivity contribution in [2.75, 3.05) is 12.8 Å². The van der Waals surface area contributed by atoms with E-state index in [0.29, 0.717) is 12.2 Å². The van der Waals surface area contributed by atoms with Crippen molar-refractivity contribution in [3.05, 3.63) is 59.2 Å². The predicted molar refractivity (Wildman–Crippen MR) is 78.2 cm³/mol. The van der Waals surface area contributed by atoms with E-state index in [4.69, 9.17) is 10.5 Å². The van der Waals surface area contributed by atoms with Crippen LogP contribution >= 0.6 is 0 Å². The Hall–Kier alpha value is -2.49. The summed E-state index contributed by atoms with van der Waals surface area (Å²) in [6.45, 7) is 0. The van der Waals surface area contributed by atoms with Crippen LogP contribution in [0.1, 0.15) is 21.5 Å². The first-order chi connectivity index (χ1) is 9.60. The maximum atomic E-state index is 11.3. The maximum absolute atomic E-state index is 11.3. The van der Waals surface area contributed by atoms with Gasteiger partial charge in [-0.15, -0.1) is 0 Å². The molecule has 0 aliphatic carbocycles. The van der Waals surface area contributed by atoms with E-state index in [9.17, 15) is 9.90 Å². The molecule has 0 amide bonds. The van der Waals surface area contributed by atoms with Gasteiger partial charge >= 0.3 is 5.97 Å². The molecule has 4 heteroatoms. The fourth-order valence-electron chi connectivity index (χ4n) is 2.13. The Balaban J connectivity index is 2.18. The lowest BCUT2D eigenvalue weighted by Crippen LogP contribution is -2.04. The standard InChI is InChI=1S/C16H17NO3/c1-20-14-8-7-12(15(10-14)16(18)19)6-5-11-3-2-4-13(17)9-11/h2-4,7-10H,5-6,17H2,1H3,(H,18,19). The number of benzene rings is 2. The van der Waals surface area contributed by atoms with Crippen LogP contribution in [0.25, 0.3) is 0 Å². The van der Waals surface area contributed by atoms with Gasteiger partial charge in [0.15, 0.2) is 0 Å². The van der Waals surface area contributed by atoms with Crippen molar-refractivity contribution in [3.63, 3.8) is 0 Å². The molecular formula is C16H17NO3. The number of aryl methyl sites for hydroxylation is 2. The van der Waals surface area contributed by atoms with Crippen molar-refractivity contribution in [2.24, 2.45) is 0 Å². The lowest BCUT2D eigenvalue weighted by Gasteiger charge is -2.09. The van der Waals surface area contributed by atoms with Gasteiger partial charge in [0.25, 0.3) is 0 Å². The molecule has 104 valence electrons. The van der Waals surface area contributed by atoms with Gasteiger partial charge in [0.05, 0.1) is 12.7 Å². The van der Waals surface area contributed by atoms with E-state index in [1.165, 1.54) is 7.11 Å². The Morgan fingerprint density at radius 2 is 2.00 bits per heavy atom. The van der Waals surface area contributed by atoms with Gasteiger partial charge in [0.2, 0.25) is 0 Å². The van der Waals surface area contributed by atoms with Gasteiger partial charge in [0.1, 0.15) is 5.75 Å². The number of carboxylic acid groups (broad SMARTS) is 1. The zero-order valence-electron chi connectivity index (χ0n) is 11.3. The highest BCUT2D eigenvalue weighted by Crippen LogP contribution is 2.20. The molecule has 0 aliphatic rings. The Bertz CT molecular complexity index is 623. The monoisotopic (exact) mass is 271 g/mol. The summed E-state index contributed by atoms with van der Waals surface area (Å²) in [7, 11) is 1.52. The SMILES string of the molecule is COc1ccc(CCc2cccc(N)c2)c(C(=O)O)c1. The number of rotatable bonds is 5. The molecule has 0 aromatic heterocycles. The number of methoxy groups -OCH3 is 1. The summed E-state index contributed by atoms with van der Waals surface area (Å²) in [6, 6.07) is 12.8. The number of anilines is 1. The molecule has 0 atom stereocenters. The second-order valence-corrected chi connectivity index (χ2v) is 4.57. The molecule has 0 saturated heterocycles. The van der Waals surface area contributed by atoms with Crippen LogP contribution in [0.3, 0.4) is 0 Å². The van der Waals surface area contributed by atoms with Gasteiger partial charge in [-0.3, -0.25) is 0 Å². The van der Waals surface area contributed by atoms with Crippen LogP contribution in [-0.4, -0.2) is 18.2 Å². The smallest absolute Gasteiger partial charge is 0.336 e. The van der Waals surface area contributed by atoms with Crippen LogP contribution in [-0.2, 0) is 12.8 Å². The predicted octanol–water partition coefficient (Wildman–Crippen LogP) is 2.76. The molecule has 0 fully saturated rings. The summed E-state index contributed by atoms with van der Waals surface area (Å²) in [5.74, 6) is -0.387. The largest absolute Gasteiger partial charge is 0.497 e. The van der Waals surface area contributed by atoms with Gasteiger partial charge in [-0.1, -0.05) is 18.2 Å². The van der Waals surface area contributed by atoms with E-state index in [-0.39, 0.29) is 5.56 Å². The lowest BCUT2D eigenvalue weighted by atomic mass is 9.99. The highest BCUT2D eigenvalue weighted by molar-refractivity contribution is 5.90. The molecule has 2 rings (SSSR count). The molecule has 0 aliphatic heterocycles. The second kappa shape index (κ2) is 6.10. The molecule has 0 unspecified atom stereocenters. The number of nitrogens with two attached hydrogens (primary N) is 1. The fraction of sp³-hybridized carbons (Fsp3) is 0.188. The van der Waals surface area contributed by atoms with E-state index in [1.807, 2.05) is 24.3 Å². The van der Waals surface area contributed by atoms with Crippen LogP contribution in [0.5, 0.6) is 5.75 Å². The average molecular weight is 271 g/mol. The quantitative estimate of drug-likeness (QED) is 0.820. The summed E-state index contributed by atoms with van der Waals surface area (Å²) in [6.07, 6.45) is 1.40. The van der Waals surface area contributed by atoms with Crippen molar-refractivity contribution in [1.82, 2.24) is 0 Å². The summed E-state index contributed by atoms with van der Waals surface area (Å²) in [5, 5.41) is 9.25. The van der Waals surface area contributed by atoms with Gasteiger partial charge in [-0.2, -0.15) is 0 Å². The van der Waals surface area contributed by atoms with Crippen LogP contribution < -0.4 is 10.5 Å². The van der Waals surface area contributed by atoms with E-state index >= 15 is 0 Å². The van der Waals surface area contributed by atoms with Crippen molar-refractivity contribution in [3.8, 4) is 5.75 Å². The molecule has 0 radical (unpaired) electrons. The topological polar surface area (TPSA) is 72.5 Å². The number of hydrogen-bond acceptors (Lipinski definition) is 3. The number of carbonyl (C=O) groups is 1. The Morgan fingerprint density at radius 3 is 2.65 bits per heavy atom. The van der Waals surface area contributed by atoms with Crippen LogP contribution in [0, 0.1) is 0 Å². The lowest BCUT2D eigenvalue weighted by molar-refractivity contribution is 0.0695. The van der Waals surface area contributed by atoms with E-state index in [1.54, 1.807) is 18.2 Å². The molecule has 0 heterocycles. The van der Waals surface area contributed by atoms with E-state index in [0.717, 1.165) is 23.2 Å². The van der Waals surface area contributed by atoms with Crippen LogP contribution in [0.4, 0.5) is 5.69 Å². The number of aromatic carboxylic acids is 1. The van der Waals surface area contributed by atoms with Crippen molar-refractivity contribution >= 4 is 11.7 Å². The molecule has 0 bridgehead atoms. The third-order valence-corrected chi connectivity index (χ3v) is 3.18. The molecule has 4 nitrogen and oxygen atoms in total. The zero-order valence-corrected chi connectivity index (χ0v) is 11.3. The van der Waals surface area contributed by atoms with E-state index in [2.05, 4.69) is 0 Å². The molecular weight excluding hydrogens is 254 g/mol. The number of carboxylic acids is 1. The van der Waals surface area contributed by atoms with Gasteiger partial charge in [-0.05, 0) is 48.2 Å². The number of ether oxygens (including phenoxy) is 1. The van der Waals surface area contributed by atoms with Crippen molar-refractivity contribution in [1.29, 1.82) is 0 Å². The Morgan fingerprint density at radius 1 is 1.20 bits per heavy atom. The molecule has 2 aromatic rings. The van der Waals surface area contributed by atoms with Crippen LogP contribution in [0.2, 0.25) is 0 Å². The van der Waals surface area contributed by atoms with Gasteiger partial charge in [0, 0.05) is 5.69 Å². The van der Waals surface area contributed by atoms with Crippen molar-refractivity contribution in [2.45, 2.75) is 12.8 Å². The normalized spacial score (nSPS) is 10.2. The minimum atomic E-state index is -0.938. The minimum Gasteiger partial charge on any atom is -0.497 e. The third-order valence-electron chi connectivity index (χ3n) is 3.18. The highest BCUT2D eigenvalue weighted by Gasteiger charge is 2.11. The summed E-state index contributed by atoms with van der Waals surface area (Å²) < 4.78 is 5.06. The van der Waals surface area contributed by atoms with Crippen molar-refractivity contribution < 1.29 is 14.6 Å². The molecule has 0 saturated carbocycles. The third kappa shape index (κ3) is 3.29. The van der Waals surface area contributed by atoms with Gasteiger partial charge in [-0.25, -0.2) is 4.79 Å². The maximum Gasteiger partial charge on any atom is 0.336 e. The first-order valence-corrected chi connectivity index (χ1v) is 6.35. The summed E-state index contributed by atoms with van der Waals surface area (Å²) >= 11 is 0. The number of nitrogen functional groups attached to an aromatic ring is 1. The molecule has 2 aromatic carbocycles. The molecule has 3 N–H and O–H groups in total. The van der Waals surface area contributed by atoms with Gasteiger partial charge < -0.3 is 15.6 Å². The summed E-state index contributed by atoms with van der Waals surface area (Å²) in [5.41, 5.74) is 8.62. The molecule has 20 heavy (non-hydrogen) atoms. The fourth-order valence-corrected chi connectivity index (χ4v) is 2.13. The van der Waals surface area contributed by atoms with Crippen LogP contribution in [0.15, 0.2) is 42.5 Å². The van der Waals surface area contributed by atoms with E-state index < -0.39 is 5.97 Å². The second-order valence-electron chi connectivity index (χ2n) is 4.57. The summed E-state index contributed by atoms with van der Waals surface area (Å²) in [4.78, 5) is 11.3. The minimum absolute atomic E-state index is 0.285. The Labute approximate surface area is 117 Å². The Kier molecular flexibility index (Phi) is 4.25.